The molecule has 3 heteroatoms. The maximum atomic E-state index is 6.20. The third-order valence-electron chi connectivity index (χ3n) is 3.66. The minimum Gasteiger partial charge on any atom is -0.363 e. The van der Waals surface area contributed by atoms with Crippen LogP contribution in [0, 0.1) is 12.8 Å². The van der Waals surface area contributed by atoms with Crippen molar-refractivity contribution >= 4 is 17.4 Å². The van der Waals surface area contributed by atoms with Gasteiger partial charge in [-0.05, 0) is 43.4 Å². The van der Waals surface area contributed by atoms with Crippen molar-refractivity contribution in [3.63, 3.8) is 0 Å². The number of halogens is 1. The molecule has 0 aromatic carbocycles. The van der Waals surface area contributed by atoms with E-state index in [4.69, 9.17) is 11.6 Å². The lowest BCUT2D eigenvalue weighted by Crippen LogP contribution is -2.44. The number of nitrogens with one attached hydrogen (secondary N) is 1. The summed E-state index contributed by atoms with van der Waals surface area (Å²) >= 11 is 6.20. The highest BCUT2D eigenvalue weighted by molar-refractivity contribution is 6.18. The smallest absolute Gasteiger partial charge is 0.126 e. The number of nitrogens with zero attached hydrogens (tertiary/aromatic N) is 1. The molecule has 2 atom stereocenters. The van der Waals surface area contributed by atoms with Crippen LogP contribution in [0.4, 0.5) is 5.82 Å². The van der Waals surface area contributed by atoms with Crippen LogP contribution >= 0.6 is 11.6 Å². The van der Waals surface area contributed by atoms with Crippen LogP contribution in [0.15, 0.2) is 18.3 Å². The molecule has 1 aliphatic carbocycles. The fraction of sp³-hybridized carbons (Fsp3) is 0.643. The minimum absolute atomic E-state index is 0.0417. The van der Waals surface area contributed by atoms with E-state index in [2.05, 4.69) is 30.2 Å². The van der Waals surface area contributed by atoms with Gasteiger partial charge in [0.2, 0.25) is 0 Å². The quantitative estimate of drug-likeness (QED) is 0.823. The summed E-state index contributed by atoms with van der Waals surface area (Å²) in [6.07, 6.45) is 6.72. The van der Waals surface area contributed by atoms with Crippen LogP contribution in [0.5, 0.6) is 0 Å². The molecule has 0 spiro atoms. The number of pyridine rings is 1. The van der Waals surface area contributed by atoms with E-state index < -0.39 is 0 Å². The maximum absolute atomic E-state index is 6.20. The van der Waals surface area contributed by atoms with Gasteiger partial charge in [-0.3, -0.25) is 0 Å². The van der Waals surface area contributed by atoms with Gasteiger partial charge in [-0.25, -0.2) is 4.98 Å². The largest absolute Gasteiger partial charge is 0.363 e. The molecule has 1 aromatic rings. The third-order valence-corrected chi connectivity index (χ3v) is 4.17. The van der Waals surface area contributed by atoms with E-state index in [9.17, 15) is 0 Å². The van der Waals surface area contributed by atoms with E-state index in [1.807, 2.05) is 12.3 Å². The Balaban J connectivity index is 2.13. The van der Waals surface area contributed by atoms with Gasteiger partial charge in [-0.1, -0.05) is 19.8 Å². The predicted molar refractivity (Wildman–Crippen MR) is 73.7 cm³/mol. The van der Waals surface area contributed by atoms with Gasteiger partial charge >= 0.3 is 0 Å². The third kappa shape index (κ3) is 3.12. The summed E-state index contributed by atoms with van der Waals surface area (Å²) in [5, 5.41) is 3.57. The number of aryl methyl sites for hydroxylation is 1. The van der Waals surface area contributed by atoms with E-state index in [-0.39, 0.29) is 5.54 Å². The predicted octanol–water partition coefficient (Wildman–Crippen LogP) is 3.99. The van der Waals surface area contributed by atoms with Crippen molar-refractivity contribution in [3.05, 3.63) is 23.9 Å². The second-order valence-electron chi connectivity index (χ2n) is 5.46. The number of hydrogen-bond donors (Lipinski definition) is 1. The van der Waals surface area contributed by atoms with Gasteiger partial charge in [-0.2, -0.15) is 0 Å². The monoisotopic (exact) mass is 252 g/mol. The van der Waals surface area contributed by atoms with Crippen molar-refractivity contribution in [2.45, 2.75) is 45.1 Å². The highest BCUT2D eigenvalue weighted by atomic mass is 35.5. The molecule has 1 saturated carbocycles. The summed E-state index contributed by atoms with van der Waals surface area (Å²) in [6, 6.07) is 4.11. The molecule has 2 nitrogen and oxygen atoms in total. The number of alkyl halides is 1. The van der Waals surface area contributed by atoms with E-state index in [1.165, 1.54) is 18.4 Å². The van der Waals surface area contributed by atoms with Crippen LogP contribution in [-0.2, 0) is 0 Å². The number of hydrogen-bond acceptors (Lipinski definition) is 2. The van der Waals surface area contributed by atoms with E-state index in [0.717, 1.165) is 24.6 Å². The lowest BCUT2D eigenvalue weighted by atomic mass is 9.77. The zero-order chi connectivity index (χ0) is 12.3. The molecule has 0 saturated heterocycles. The molecule has 1 aromatic heterocycles. The zero-order valence-corrected chi connectivity index (χ0v) is 11.4. The molecule has 17 heavy (non-hydrogen) atoms. The molecule has 0 radical (unpaired) electrons. The lowest BCUT2D eigenvalue weighted by Gasteiger charge is -2.39. The summed E-state index contributed by atoms with van der Waals surface area (Å²) in [7, 11) is 0. The molecule has 94 valence electrons. The van der Waals surface area contributed by atoms with Gasteiger partial charge < -0.3 is 5.32 Å². The topological polar surface area (TPSA) is 24.9 Å². The SMILES string of the molecule is Cc1ccnc(NC2(CCl)CCCC(C)C2)c1. The van der Waals surface area contributed by atoms with Crippen LogP contribution in [0.2, 0.25) is 0 Å². The van der Waals surface area contributed by atoms with Crippen LogP contribution in [0.3, 0.4) is 0 Å². The maximum Gasteiger partial charge on any atom is 0.126 e. The van der Waals surface area contributed by atoms with Gasteiger partial charge in [0.15, 0.2) is 0 Å². The van der Waals surface area contributed by atoms with Crippen molar-refractivity contribution in [1.82, 2.24) is 4.98 Å². The lowest BCUT2D eigenvalue weighted by molar-refractivity contribution is 0.279. The first-order valence-corrected chi connectivity index (χ1v) is 6.94. The fourth-order valence-corrected chi connectivity index (χ4v) is 3.11. The second kappa shape index (κ2) is 5.26. The summed E-state index contributed by atoms with van der Waals surface area (Å²) in [5.41, 5.74) is 1.27. The van der Waals surface area contributed by atoms with Crippen LogP contribution in [-0.4, -0.2) is 16.4 Å². The molecule has 1 fully saturated rings. The average molecular weight is 253 g/mol. The molecule has 0 amide bonds. The highest BCUT2D eigenvalue weighted by Crippen LogP contribution is 2.35. The van der Waals surface area contributed by atoms with Crippen molar-refractivity contribution in [2.75, 3.05) is 11.2 Å². The fourth-order valence-electron chi connectivity index (χ4n) is 2.80. The van der Waals surface area contributed by atoms with Crippen molar-refractivity contribution in [1.29, 1.82) is 0 Å². The van der Waals surface area contributed by atoms with Gasteiger partial charge in [0.05, 0.1) is 5.54 Å². The van der Waals surface area contributed by atoms with Gasteiger partial charge in [0.25, 0.3) is 0 Å². The normalized spacial score (nSPS) is 29.0. The molecule has 0 bridgehead atoms. The Morgan fingerprint density at radius 1 is 1.59 bits per heavy atom. The zero-order valence-electron chi connectivity index (χ0n) is 10.7. The Morgan fingerprint density at radius 2 is 2.41 bits per heavy atom. The Hall–Kier alpha value is -0.760. The number of aromatic nitrogens is 1. The molecule has 2 unspecified atom stereocenters. The van der Waals surface area contributed by atoms with Crippen LogP contribution < -0.4 is 5.32 Å². The first kappa shape index (κ1) is 12.7. The van der Waals surface area contributed by atoms with Crippen LogP contribution in [0.1, 0.15) is 38.2 Å². The first-order valence-electron chi connectivity index (χ1n) is 6.40. The van der Waals surface area contributed by atoms with Crippen molar-refractivity contribution in [2.24, 2.45) is 5.92 Å². The van der Waals surface area contributed by atoms with Crippen LogP contribution in [0.25, 0.3) is 0 Å². The van der Waals surface area contributed by atoms with Crippen molar-refractivity contribution < 1.29 is 0 Å². The molecule has 2 rings (SSSR count). The number of anilines is 1. The summed E-state index contributed by atoms with van der Waals surface area (Å²) in [5.74, 6) is 2.37. The summed E-state index contributed by atoms with van der Waals surface area (Å²) < 4.78 is 0. The molecule has 1 heterocycles. The van der Waals surface area contributed by atoms with E-state index in [1.54, 1.807) is 0 Å². The number of rotatable bonds is 3. The molecular formula is C14H21ClN2. The Kier molecular flexibility index (Phi) is 3.93. The highest BCUT2D eigenvalue weighted by Gasteiger charge is 2.34. The molecular weight excluding hydrogens is 232 g/mol. The Morgan fingerprint density at radius 3 is 3.06 bits per heavy atom. The van der Waals surface area contributed by atoms with Gasteiger partial charge in [0.1, 0.15) is 5.82 Å². The molecule has 1 N–H and O–H groups in total. The molecule has 0 aliphatic heterocycles. The Labute approximate surface area is 109 Å². The minimum atomic E-state index is 0.0417. The Bertz CT molecular complexity index is 380. The van der Waals surface area contributed by atoms with E-state index in [0.29, 0.717) is 5.88 Å². The second-order valence-corrected chi connectivity index (χ2v) is 5.73. The summed E-state index contributed by atoms with van der Waals surface area (Å²) in [4.78, 5) is 4.38. The van der Waals surface area contributed by atoms with Gasteiger partial charge in [0, 0.05) is 12.1 Å². The average Bonchev–Trinajstić information content (AvgIpc) is 2.29. The standard InChI is InChI=1S/C14H21ClN2/c1-11-5-7-16-13(8-11)17-14(10-15)6-3-4-12(2)9-14/h5,7-8,12H,3-4,6,9-10H2,1-2H3,(H,16,17). The summed E-state index contributed by atoms with van der Waals surface area (Å²) in [6.45, 7) is 4.40. The van der Waals surface area contributed by atoms with Crippen molar-refractivity contribution in [3.8, 4) is 0 Å². The first-order chi connectivity index (χ1) is 8.13. The van der Waals surface area contributed by atoms with E-state index >= 15 is 0 Å². The molecule has 1 aliphatic rings. The van der Waals surface area contributed by atoms with Gasteiger partial charge in [-0.15, -0.1) is 11.6 Å².